The van der Waals surface area contributed by atoms with E-state index in [1.807, 2.05) is 133 Å². The van der Waals surface area contributed by atoms with E-state index in [0.29, 0.717) is 22.8 Å². The van der Waals surface area contributed by atoms with E-state index in [2.05, 4.69) is 9.56 Å². The van der Waals surface area contributed by atoms with Gasteiger partial charge in [0.05, 0.1) is 33.8 Å². The van der Waals surface area contributed by atoms with Crippen molar-refractivity contribution < 1.29 is 0 Å². The van der Waals surface area contributed by atoms with Gasteiger partial charge in [-0.3, -0.25) is 9.98 Å². The van der Waals surface area contributed by atoms with Crippen LogP contribution in [0.15, 0.2) is 138 Å². The monoisotopic (exact) mass is 559 g/mol. The number of para-hydroxylation sites is 3. The molecular weight excluding hydrogens is 530 g/mol. The van der Waals surface area contributed by atoms with Crippen molar-refractivity contribution >= 4 is 45.0 Å². The second-order valence-electron chi connectivity index (χ2n) is 10.3. The molecule has 0 unspecified atom stereocenters. The highest BCUT2D eigenvalue weighted by molar-refractivity contribution is 6.14. The van der Waals surface area contributed by atoms with E-state index in [-0.39, 0.29) is 11.8 Å². The summed E-state index contributed by atoms with van der Waals surface area (Å²) in [6, 6.07) is 43.6. The van der Waals surface area contributed by atoms with Crippen molar-refractivity contribution in [3.63, 3.8) is 0 Å². The van der Waals surface area contributed by atoms with Crippen molar-refractivity contribution in [3.05, 3.63) is 139 Å². The lowest BCUT2D eigenvalue weighted by atomic mass is 10.0. The molecular formula is C36H29N7. The van der Waals surface area contributed by atoms with E-state index in [0.717, 1.165) is 44.2 Å². The van der Waals surface area contributed by atoms with Crippen LogP contribution in [-0.2, 0) is 0 Å². The Morgan fingerprint density at radius 2 is 1.14 bits per heavy atom. The van der Waals surface area contributed by atoms with Gasteiger partial charge in [0.15, 0.2) is 0 Å². The molecule has 7 rings (SSSR count). The van der Waals surface area contributed by atoms with Crippen molar-refractivity contribution in [2.75, 3.05) is 11.5 Å². The molecule has 0 saturated carbocycles. The van der Waals surface area contributed by atoms with Gasteiger partial charge >= 0.3 is 0 Å². The summed E-state index contributed by atoms with van der Waals surface area (Å²) < 4.78 is 3.83. The highest BCUT2D eigenvalue weighted by Crippen LogP contribution is 2.44. The first kappa shape index (κ1) is 25.9. The molecule has 7 N–H and O–H groups in total. The summed E-state index contributed by atoms with van der Waals surface area (Å²) in [5.74, 6) is 0.149. The Bertz CT molecular complexity index is 2170. The molecule has 0 atom stereocenters. The average Bonchev–Trinajstić information content (AvgIpc) is 3.52. The number of aromatic nitrogens is 2. The Labute approximate surface area is 248 Å². The lowest BCUT2D eigenvalue weighted by molar-refractivity contribution is 1.08. The van der Waals surface area contributed by atoms with Gasteiger partial charge in [-0.15, -0.1) is 0 Å². The first-order valence-electron chi connectivity index (χ1n) is 14.0. The normalized spacial score (nSPS) is 11.8. The summed E-state index contributed by atoms with van der Waals surface area (Å²) in [5.41, 5.74) is 28.1. The largest absolute Gasteiger partial charge is 0.396 e. The third kappa shape index (κ3) is 4.31. The molecule has 0 amide bonds. The molecule has 0 aliphatic heterocycles. The third-order valence-corrected chi connectivity index (χ3v) is 7.77. The fraction of sp³-hybridized carbons (Fsp3) is 0. The molecule has 7 aromatic rings. The van der Waals surface area contributed by atoms with Crippen LogP contribution in [0.3, 0.4) is 0 Å². The Morgan fingerprint density at radius 1 is 0.581 bits per heavy atom. The Morgan fingerprint density at radius 3 is 1.86 bits per heavy atom. The van der Waals surface area contributed by atoms with Gasteiger partial charge in [-0.05, 0) is 41.5 Å². The van der Waals surface area contributed by atoms with Gasteiger partial charge in [-0.2, -0.15) is 4.99 Å². The summed E-state index contributed by atoms with van der Waals surface area (Å²) in [5, 5.41) is 11.0. The molecule has 0 fully saturated rings. The van der Waals surface area contributed by atoms with Crippen LogP contribution in [0, 0.1) is 5.41 Å². The van der Waals surface area contributed by atoms with E-state index in [1.165, 1.54) is 0 Å². The fourth-order valence-electron chi connectivity index (χ4n) is 5.78. The molecule has 2 aromatic heterocycles. The van der Waals surface area contributed by atoms with Crippen LogP contribution in [-0.4, -0.2) is 20.9 Å². The van der Waals surface area contributed by atoms with Crippen LogP contribution in [0.4, 0.5) is 11.4 Å². The number of aliphatic imine (C=N–C) groups is 1. The molecule has 0 spiro atoms. The van der Waals surface area contributed by atoms with Crippen molar-refractivity contribution in [2.24, 2.45) is 10.7 Å². The molecule has 2 heterocycles. The predicted octanol–water partition coefficient (Wildman–Crippen LogP) is 7.27. The van der Waals surface area contributed by atoms with E-state index in [1.54, 1.807) is 4.57 Å². The van der Waals surface area contributed by atoms with Gasteiger partial charge in [0.1, 0.15) is 5.84 Å². The van der Waals surface area contributed by atoms with Gasteiger partial charge in [-0.25, -0.2) is 0 Å². The summed E-state index contributed by atoms with van der Waals surface area (Å²) in [7, 11) is 0. The fourth-order valence-corrected chi connectivity index (χ4v) is 5.78. The van der Waals surface area contributed by atoms with Gasteiger partial charge in [0.25, 0.3) is 0 Å². The first-order chi connectivity index (χ1) is 21.0. The molecule has 0 saturated heterocycles. The van der Waals surface area contributed by atoms with E-state index >= 15 is 0 Å². The second kappa shape index (κ2) is 10.4. The molecule has 0 aliphatic carbocycles. The summed E-state index contributed by atoms with van der Waals surface area (Å²) >= 11 is 0. The van der Waals surface area contributed by atoms with Crippen LogP contribution >= 0.6 is 0 Å². The highest BCUT2D eigenvalue weighted by atomic mass is 15.2. The number of rotatable bonds is 4. The molecule has 0 aliphatic rings. The van der Waals surface area contributed by atoms with E-state index in [9.17, 15) is 5.41 Å². The molecule has 0 bridgehead atoms. The van der Waals surface area contributed by atoms with Crippen LogP contribution < -0.4 is 17.2 Å². The first-order valence-corrected chi connectivity index (χ1v) is 14.0. The topological polar surface area (TPSA) is 124 Å². The number of hydrogen-bond donors (Lipinski definition) is 4. The molecule has 43 heavy (non-hydrogen) atoms. The summed E-state index contributed by atoms with van der Waals surface area (Å²) in [6.07, 6.45) is 0. The minimum Gasteiger partial charge on any atom is -0.396 e. The standard InChI is InChI=1S/C36H29N7/c37-31-27-18-7-9-20-29(27)42(26-16-5-2-6-17-26)33(31)34-32(38)28-19-8-10-21-30(28)43(34)36(40)41-35(39)25-15-11-14-24(22-25)23-12-3-1-4-13-23/h1-22H,37-38H2,(H3,39,40,41). The van der Waals surface area contributed by atoms with Gasteiger partial charge in [-0.1, -0.05) is 103 Å². The van der Waals surface area contributed by atoms with Crippen molar-refractivity contribution in [3.8, 4) is 28.2 Å². The SMILES string of the molecule is N=C(/N=C(\N)c1cccc(-c2ccccc2)c1)n1c(-c2c(N)c3ccccc3n2-c2ccccc2)c(N)c2ccccc21. The Balaban J connectivity index is 1.45. The predicted molar refractivity (Wildman–Crippen MR) is 179 cm³/mol. The summed E-state index contributed by atoms with van der Waals surface area (Å²) in [4.78, 5) is 4.62. The maximum atomic E-state index is 9.28. The average molecular weight is 560 g/mol. The minimum atomic E-state index is -0.0743. The number of nitrogens with two attached hydrogens (primary N) is 3. The molecule has 5 aromatic carbocycles. The number of benzene rings is 5. The Hall–Kier alpha value is -6.08. The van der Waals surface area contributed by atoms with Crippen molar-refractivity contribution in [2.45, 2.75) is 0 Å². The zero-order valence-corrected chi connectivity index (χ0v) is 23.3. The molecule has 7 heteroatoms. The van der Waals surface area contributed by atoms with Gasteiger partial charge < -0.3 is 21.8 Å². The summed E-state index contributed by atoms with van der Waals surface area (Å²) in [6.45, 7) is 0. The molecule has 208 valence electrons. The maximum absolute atomic E-state index is 9.28. The van der Waals surface area contributed by atoms with E-state index in [4.69, 9.17) is 17.2 Å². The van der Waals surface area contributed by atoms with Gasteiger partial charge in [0, 0.05) is 22.0 Å². The highest BCUT2D eigenvalue weighted by Gasteiger charge is 2.27. The zero-order chi connectivity index (χ0) is 29.5. The van der Waals surface area contributed by atoms with E-state index < -0.39 is 0 Å². The van der Waals surface area contributed by atoms with Crippen LogP contribution in [0.2, 0.25) is 0 Å². The molecule has 0 radical (unpaired) electrons. The number of amidine groups is 1. The quantitative estimate of drug-likeness (QED) is 0.134. The Kier molecular flexibility index (Phi) is 6.25. The zero-order valence-electron chi connectivity index (χ0n) is 23.3. The molecule has 7 nitrogen and oxygen atoms in total. The lowest BCUT2D eigenvalue weighted by Gasteiger charge is -2.15. The van der Waals surface area contributed by atoms with Crippen molar-refractivity contribution in [1.29, 1.82) is 5.41 Å². The minimum absolute atomic E-state index is 0.0743. The second-order valence-corrected chi connectivity index (χ2v) is 10.3. The van der Waals surface area contributed by atoms with Crippen LogP contribution in [0.5, 0.6) is 0 Å². The number of nitrogen functional groups attached to an aromatic ring is 2. The maximum Gasteiger partial charge on any atom is 0.229 e. The number of nitrogens with zero attached hydrogens (tertiary/aromatic N) is 3. The number of fused-ring (bicyclic) bond motifs is 2. The lowest BCUT2D eigenvalue weighted by Crippen LogP contribution is -2.20. The number of nitrogens with one attached hydrogen (secondary N) is 1. The van der Waals surface area contributed by atoms with Gasteiger partial charge in [0.2, 0.25) is 5.96 Å². The number of anilines is 2. The third-order valence-electron chi connectivity index (χ3n) is 7.77. The smallest absolute Gasteiger partial charge is 0.229 e. The van der Waals surface area contributed by atoms with Crippen LogP contribution in [0.1, 0.15) is 5.56 Å². The van der Waals surface area contributed by atoms with Crippen molar-refractivity contribution in [1.82, 2.24) is 9.13 Å². The number of hydrogen-bond acceptors (Lipinski definition) is 3. The van der Waals surface area contributed by atoms with Crippen LogP contribution in [0.25, 0.3) is 50.0 Å².